The fourth-order valence-corrected chi connectivity index (χ4v) is 1.76. The third-order valence-corrected chi connectivity index (χ3v) is 2.95. The number of hydrogen-bond acceptors (Lipinski definition) is 2. The van der Waals surface area contributed by atoms with Gasteiger partial charge in [0.05, 0.1) is 6.10 Å². The van der Waals surface area contributed by atoms with Crippen LogP contribution in [0.15, 0.2) is 24.3 Å². The lowest BCUT2D eigenvalue weighted by atomic mass is 10.0. The molecule has 1 rings (SSSR count). The maximum atomic E-state index is 9.90. The Morgan fingerprint density at radius 3 is 2.71 bits per heavy atom. The molecule has 0 aliphatic carbocycles. The minimum atomic E-state index is -0.294. The lowest BCUT2D eigenvalue weighted by molar-refractivity contribution is 0.0806. The van der Waals surface area contributed by atoms with Crippen molar-refractivity contribution in [2.75, 3.05) is 13.2 Å². The molecule has 1 unspecified atom stereocenters. The van der Waals surface area contributed by atoms with Gasteiger partial charge in [0.2, 0.25) is 0 Å². The zero-order valence-electron chi connectivity index (χ0n) is 11.0. The van der Waals surface area contributed by atoms with Gasteiger partial charge in [-0.15, -0.1) is 0 Å². The van der Waals surface area contributed by atoms with E-state index in [1.54, 1.807) is 0 Å². The molecule has 0 aliphatic heterocycles. The van der Waals surface area contributed by atoms with Crippen LogP contribution < -0.4 is 0 Å². The summed E-state index contributed by atoms with van der Waals surface area (Å²) in [4.78, 5) is 0. The Kier molecular flexibility index (Phi) is 6.90. The van der Waals surface area contributed by atoms with E-state index in [1.165, 1.54) is 11.1 Å². The second kappa shape index (κ2) is 8.26. The van der Waals surface area contributed by atoms with Gasteiger partial charge in [-0.25, -0.2) is 0 Å². The lowest BCUT2D eigenvalue weighted by Gasteiger charge is -2.12. The molecule has 0 amide bonds. The first kappa shape index (κ1) is 14.2. The largest absolute Gasteiger partial charge is 0.393 e. The topological polar surface area (TPSA) is 29.5 Å². The van der Waals surface area contributed by atoms with Crippen LogP contribution in [-0.4, -0.2) is 24.4 Å². The predicted octanol–water partition coefficient (Wildman–Crippen LogP) is 3.11. The first-order valence-electron chi connectivity index (χ1n) is 6.54. The number of unbranched alkanes of at least 4 members (excludes halogenated alkanes) is 1. The van der Waals surface area contributed by atoms with E-state index in [-0.39, 0.29) is 6.10 Å². The molecule has 2 nitrogen and oxygen atoms in total. The molecule has 0 bridgehead atoms. The fraction of sp³-hybridized carbons (Fsp3) is 0.600. The van der Waals surface area contributed by atoms with Crippen LogP contribution in [-0.2, 0) is 11.2 Å². The van der Waals surface area contributed by atoms with Gasteiger partial charge in [0.25, 0.3) is 0 Å². The number of benzene rings is 1. The predicted molar refractivity (Wildman–Crippen MR) is 71.2 cm³/mol. The number of hydrogen-bond donors (Lipinski definition) is 1. The van der Waals surface area contributed by atoms with E-state index in [4.69, 9.17) is 4.74 Å². The molecular formula is C15H24O2. The van der Waals surface area contributed by atoms with E-state index in [0.717, 1.165) is 32.3 Å². The zero-order valence-corrected chi connectivity index (χ0v) is 11.0. The van der Waals surface area contributed by atoms with Crippen LogP contribution in [0.5, 0.6) is 0 Å². The van der Waals surface area contributed by atoms with Gasteiger partial charge < -0.3 is 9.84 Å². The molecule has 2 heteroatoms. The van der Waals surface area contributed by atoms with Crippen molar-refractivity contribution in [2.45, 2.75) is 45.6 Å². The summed E-state index contributed by atoms with van der Waals surface area (Å²) in [6, 6.07) is 8.21. The highest BCUT2D eigenvalue weighted by molar-refractivity contribution is 5.26. The van der Waals surface area contributed by atoms with Gasteiger partial charge in [-0.1, -0.05) is 37.6 Å². The van der Waals surface area contributed by atoms with Gasteiger partial charge in [-0.05, 0) is 37.3 Å². The SMILES string of the molecule is CCCCOCCC(O)Cc1ccccc1C. The van der Waals surface area contributed by atoms with E-state index >= 15 is 0 Å². The second-order valence-electron chi connectivity index (χ2n) is 4.54. The van der Waals surface area contributed by atoms with Gasteiger partial charge in [-0.3, -0.25) is 0 Å². The third kappa shape index (κ3) is 5.85. The fourth-order valence-electron chi connectivity index (χ4n) is 1.76. The first-order chi connectivity index (χ1) is 8.24. The Morgan fingerprint density at radius 1 is 1.24 bits per heavy atom. The Balaban J connectivity index is 2.21. The van der Waals surface area contributed by atoms with Crippen LogP contribution in [0.1, 0.15) is 37.3 Å². The Morgan fingerprint density at radius 2 is 2.00 bits per heavy atom. The van der Waals surface area contributed by atoms with E-state index in [0.29, 0.717) is 6.61 Å². The van der Waals surface area contributed by atoms with Crippen molar-refractivity contribution < 1.29 is 9.84 Å². The third-order valence-electron chi connectivity index (χ3n) is 2.95. The van der Waals surface area contributed by atoms with Gasteiger partial charge in [0.1, 0.15) is 0 Å². The van der Waals surface area contributed by atoms with Gasteiger partial charge in [0, 0.05) is 13.2 Å². The summed E-state index contributed by atoms with van der Waals surface area (Å²) in [6.45, 7) is 5.71. The molecule has 96 valence electrons. The van der Waals surface area contributed by atoms with Crippen molar-refractivity contribution in [2.24, 2.45) is 0 Å². The number of ether oxygens (including phenoxy) is 1. The molecule has 0 saturated heterocycles. The minimum absolute atomic E-state index is 0.294. The second-order valence-corrected chi connectivity index (χ2v) is 4.54. The van der Waals surface area contributed by atoms with Crippen molar-refractivity contribution in [1.29, 1.82) is 0 Å². The highest BCUT2D eigenvalue weighted by Gasteiger charge is 2.07. The van der Waals surface area contributed by atoms with Gasteiger partial charge in [0.15, 0.2) is 0 Å². The Bertz CT molecular complexity index is 310. The summed E-state index contributed by atoms with van der Waals surface area (Å²) < 4.78 is 5.45. The molecule has 17 heavy (non-hydrogen) atoms. The number of aliphatic hydroxyl groups is 1. The maximum absolute atomic E-state index is 9.90. The molecule has 0 radical (unpaired) electrons. The molecule has 0 spiro atoms. The Labute approximate surface area is 105 Å². The van der Waals surface area contributed by atoms with Crippen LogP contribution in [0, 0.1) is 6.92 Å². The van der Waals surface area contributed by atoms with E-state index in [1.807, 2.05) is 12.1 Å². The molecule has 1 atom stereocenters. The van der Waals surface area contributed by atoms with Crippen LogP contribution in [0.4, 0.5) is 0 Å². The minimum Gasteiger partial charge on any atom is -0.393 e. The number of aliphatic hydroxyl groups excluding tert-OH is 1. The van der Waals surface area contributed by atoms with E-state index in [2.05, 4.69) is 26.0 Å². The first-order valence-corrected chi connectivity index (χ1v) is 6.54. The average Bonchev–Trinajstić information content (AvgIpc) is 2.32. The van der Waals surface area contributed by atoms with Crippen LogP contribution in [0.3, 0.4) is 0 Å². The molecule has 1 aromatic rings. The summed E-state index contributed by atoms with van der Waals surface area (Å²) in [5.41, 5.74) is 2.48. The quantitative estimate of drug-likeness (QED) is 0.703. The summed E-state index contributed by atoms with van der Waals surface area (Å²) in [5.74, 6) is 0. The van der Waals surface area contributed by atoms with Crippen molar-refractivity contribution in [3.8, 4) is 0 Å². The van der Waals surface area contributed by atoms with Crippen molar-refractivity contribution >= 4 is 0 Å². The Hall–Kier alpha value is -0.860. The van der Waals surface area contributed by atoms with Crippen LogP contribution in [0.2, 0.25) is 0 Å². The van der Waals surface area contributed by atoms with Gasteiger partial charge >= 0.3 is 0 Å². The lowest BCUT2D eigenvalue weighted by Crippen LogP contribution is -2.14. The average molecular weight is 236 g/mol. The summed E-state index contributed by atoms with van der Waals surface area (Å²) in [5, 5.41) is 9.90. The molecule has 0 aliphatic rings. The molecule has 0 heterocycles. The zero-order chi connectivity index (χ0) is 12.5. The van der Waals surface area contributed by atoms with E-state index in [9.17, 15) is 5.11 Å². The van der Waals surface area contributed by atoms with Gasteiger partial charge in [-0.2, -0.15) is 0 Å². The molecule has 0 aromatic heterocycles. The van der Waals surface area contributed by atoms with Crippen LogP contribution in [0.25, 0.3) is 0 Å². The molecule has 1 N–H and O–H groups in total. The van der Waals surface area contributed by atoms with Crippen molar-refractivity contribution in [3.63, 3.8) is 0 Å². The summed E-state index contributed by atoms with van der Waals surface area (Å²) >= 11 is 0. The summed E-state index contributed by atoms with van der Waals surface area (Å²) in [7, 11) is 0. The monoisotopic (exact) mass is 236 g/mol. The molecule has 0 fully saturated rings. The highest BCUT2D eigenvalue weighted by Crippen LogP contribution is 2.11. The smallest absolute Gasteiger partial charge is 0.0602 e. The van der Waals surface area contributed by atoms with E-state index < -0.39 is 0 Å². The number of aryl methyl sites for hydroxylation is 1. The molecular weight excluding hydrogens is 212 g/mol. The molecule has 0 saturated carbocycles. The normalized spacial score (nSPS) is 12.6. The van der Waals surface area contributed by atoms with Crippen LogP contribution >= 0.6 is 0 Å². The standard InChI is InChI=1S/C15H24O2/c1-3-4-10-17-11-9-15(16)12-14-8-6-5-7-13(14)2/h5-8,15-16H,3-4,9-12H2,1-2H3. The highest BCUT2D eigenvalue weighted by atomic mass is 16.5. The van der Waals surface area contributed by atoms with Crippen molar-refractivity contribution in [1.82, 2.24) is 0 Å². The van der Waals surface area contributed by atoms with Crippen molar-refractivity contribution in [3.05, 3.63) is 35.4 Å². The molecule has 1 aromatic carbocycles. The summed E-state index contributed by atoms with van der Waals surface area (Å²) in [6.07, 6.45) is 3.42. The maximum Gasteiger partial charge on any atom is 0.0602 e. The number of rotatable bonds is 8.